The Bertz CT molecular complexity index is 500. The fraction of sp³-hybridized carbons (Fsp3) is 0.562. The van der Waals surface area contributed by atoms with E-state index in [-0.39, 0.29) is 24.0 Å². The molecule has 22 heavy (non-hydrogen) atoms. The molecule has 1 aromatic rings. The lowest BCUT2D eigenvalue weighted by molar-refractivity contribution is 0.277. The lowest BCUT2D eigenvalue weighted by atomic mass is 10.00. The average molecular weight is 419 g/mol. The molecule has 0 aliphatic carbocycles. The molecule has 0 radical (unpaired) electrons. The lowest BCUT2D eigenvalue weighted by Crippen LogP contribution is -2.42. The largest absolute Gasteiger partial charge is 0.497 e. The van der Waals surface area contributed by atoms with Crippen molar-refractivity contribution in [1.29, 1.82) is 0 Å². The van der Waals surface area contributed by atoms with Gasteiger partial charge in [-0.2, -0.15) is 0 Å². The second-order valence-corrected chi connectivity index (χ2v) is 5.52. The van der Waals surface area contributed by atoms with Crippen LogP contribution in [-0.2, 0) is 6.54 Å². The minimum absolute atomic E-state index is 0. The van der Waals surface area contributed by atoms with Crippen molar-refractivity contribution in [3.8, 4) is 11.5 Å². The third kappa shape index (κ3) is 4.93. The van der Waals surface area contributed by atoms with E-state index in [1.54, 1.807) is 14.2 Å². The van der Waals surface area contributed by atoms with Crippen molar-refractivity contribution >= 4 is 29.9 Å². The molecule has 0 amide bonds. The van der Waals surface area contributed by atoms with Crippen LogP contribution in [0.2, 0.25) is 0 Å². The number of hydrogen-bond donors (Lipinski definition) is 1. The summed E-state index contributed by atoms with van der Waals surface area (Å²) in [4.78, 5) is 6.67. The van der Waals surface area contributed by atoms with Crippen LogP contribution in [0.15, 0.2) is 23.2 Å². The Hall–Kier alpha value is -1.18. The van der Waals surface area contributed by atoms with Crippen molar-refractivity contribution in [2.75, 3.05) is 27.3 Å². The number of ether oxygens (including phenoxy) is 2. The SMILES string of the molecule is COc1ccc(CN=C(N)N2CCC(C)CC2)c(OC)c1.I. The third-order valence-corrected chi connectivity index (χ3v) is 4.01. The Morgan fingerprint density at radius 1 is 1.27 bits per heavy atom. The number of nitrogens with zero attached hydrogens (tertiary/aromatic N) is 2. The molecular formula is C16H26IN3O2. The van der Waals surface area contributed by atoms with Gasteiger partial charge in [0.15, 0.2) is 5.96 Å². The molecule has 1 fully saturated rings. The highest BCUT2D eigenvalue weighted by Gasteiger charge is 2.17. The van der Waals surface area contributed by atoms with Crippen LogP contribution in [0.3, 0.4) is 0 Å². The maximum Gasteiger partial charge on any atom is 0.191 e. The zero-order valence-corrected chi connectivity index (χ0v) is 15.9. The first-order chi connectivity index (χ1) is 10.1. The summed E-state index contributed by atoms with van der Waals surface area (Å²) in [7, 11) is 3.29. The van der Waals surface area contributed by atoms with Gasteiger partial charge in [-0.05, 0) is 30.9 Å². The maximum absolute atomic E-state index is 6.10. The minimum Gasteiger partial charge on any atom is -0.497 e. The zero-order valence-electron chi connectivity index (χ0n) is 13.5. The Morgan fingerprint density at radius 2 is 1.95 bits per heavy atom. The molecule has 0 bridgehead atoms. The number of hydrogen-bond acceptors (Lipinski definition) is 3. The van der Waals surface area contributed by atoms with Crippen LogP contribution in [0, 0.1) is 5.92 Å². The van der Waals surface area contributed by atoms with Crippen molar-refractivity contribution in [3.63, 3.8) is 0 Å². The number of rotatable bonds is 4. The zero-order chi connectivity index (χ0) is 15.2. The molecule has 0 atom stereocenters. The summed E-state index contributed by atoms with van der Waals surface area (Å²) in [5, 5.41) is 0. The highest BCUT2D eigenvalue weighted by molar-refractivity contribution is 14.0. The van der Waals surface area contributed by atoms with E-state index in [4.69, 9.17) is 15.2 Å². The Balaban J connectivity index is 0.00000242. The molecule has 1 aliphatic heterocycles. The number of piperidine rings is 1. The van der Waals surface area contributed by atoms with E-state index in [1.165, 1.54) is 12.8 Å². The van der Waals surface area contributed by atoms with Gasteiger partial charge in [0.25, 0.3) is 0 Å². The van der Waals surface area contributed by atoms with Gasteiger partial charge in [0.1, 0.15) is 11.5 Å². The van der Waals surface area contributed by atoms with Crippen molar-refractivity contribution in [2.45, 2.75) is 26.3 Å². The molecule has 0 aromatic heterocycles. The van der Waals surface area contributed by atoms with Gasteiger partial charge in [0.05, 0.1) is 20.8 Å². The topological polar surface area (TPSA) is 60.1 Å². The maximum atomic E-state index is 6.10. The van der Waals surface area contributed by atoms with Gasteiger partial charge in [-0.1, -0.05) is 6.92 Å². The van der Waals surface area contributed by atoms with Gasteiger partial charge < -0.3 is 20.1 Å². The van der Waals surface area contributed by atoms with Crippen molar-refractivity contribution < 1.29 is 9.47 Å². The Labute approximate surface area is 149 Å². The van der Waals surface area contributed by atoms with Gasteiger partial charge in [0.2, 0.25) is 0 Å². The first kappa shape index (κ1) is 18.9. The van der Waals surface area contributed by atoms with Crippen LogP contribution in [-0.4, -0.2) is 38.2 Å². The number of nitrogens with two attached hydrogens (primary N) is 1. The summed E-state index contributed by atoms with van der Waals surface area (Å²) in [5.74, 6) is 2.96. The standard InChI is InChI=1S/C16H25N3O2.HI/c1-12-6-8-19(9-7-12)16(17)18-11-13-4-5-14(20-2)10-15(13)21-3;/h4-5,10,12H,6-9,11H2,1-3H3,(H2,17,18);1H. The fourth-order valence-electron chi connectivity index (χ4n) is 2.49. The van der Waals surface area contributed by atoms with E-state index >= 15 is 0 Å². The second-order valence-electron chi connectivity index (χ2n) is 5.52. The summed E-state index contributed by atoms with van der Waals surface area (Å²) in [6, 6.07) is 5.74. The normalized spacial score (nSPS) is 16.1. The van der Waals surface area contributed by atoms with E-state index < -0.39 is 0 Å². The average Bonchev–Trinajstić information content (AvgIpc) is 2.53. The predicted octanol–water partition coefficient (Wildman–Crippen LogP) is 2.87. The van der Waals surface area contributed by atoms with Crippen molar-refractivity contribution in [1.82, 2.24) is 4.90 Å². The third-order valence-electron chi connectivity index (χ3n) is 4.01. The predicted molar refractivity (Wildman–Crippen MR) is 100 cm³/mol. The molecule has 1 aliphatic rings. The molecule has 0 unspecified atom stereocenters. The van der Waals surface area contributed by atoms with Gasteiger partial charge >= 0.3 is 0 Å². The number of aliphatic imine (C=N–C) groups is 1. The molecule has 124 valence electrons. The number of guanidine groups is 1. The molecule has 1 aromatic carbocycles. The van der Waals surface area contributed by atoms with Gasteiger partial charge in [-0.25, -0.2) is 4.99 Å². The van der Waals surface area contributed by atoms with Crippen molar-refractivity contribution in [3.05, 3.63) is 23.8 Å². The molecule has 2 rings (SSSR count). The molecule has 1 heterocycles. The first-order valence-corrected chi connectivity index (χ1v) is 7.39. The van der Waals surface area contributed by atoms with E-state index in [0.717, 1.165) is 36.1 Å². The van der Waals surface area contributed by atoms with Gasteiger partial charge in [-0.15, -0.1) is 24.0 Å². The van der Waals surface area contributed by atoms with Gasteiger partial charge in [0, 0.05) is 24.7 Å². The fourth-order valence-corrected chi connectivity index (χ4v) is 2.49. The first-order valence-electron chi connectivity index (χ1n) is 7.39. The molecule has 6 heteroatoms. The number of likely N-dealkylation sites (tertiary alicyclic amines) is 1. The monoisotopic (exact) mass is 419 g/mol. The molecule has 0 saturated carbocycles. The molecule has 1 saturated heterocycles. The lowest BCUT2D eigenvalue weighted by Gasteiger charge is -2.31. The van der Waals surface area contributed by atoms with E-state index in [9.17, 15) is 0 Å². The molecule has 0 spiro atoms. The summed E-state index contributed by atoms with van der Waals surface area (Å²) in [5.41, 5.74) is 7.11. The number of halogens is 1. The summed E-state index contributed by atoms with van der Waals surface area (Å²) in [6.45, 7) is 4.80. The summed E-state index contributed by atoms with van der Waals surface area (Å²) < 4.78 is 10.6. The minimum atomic E-state index is 0. The van der Waals surface area contributed by atoms with Crippen molar-refractivity contribution in [2.24, 2.45) is 16.6 Å². The van der Waals surface area contributed by atoms with Crippen LogP contribution in [0.5, 0.6) is 11.5 Å². The Morgan fingerprint density at radius 3 is 2.55 bits per heavy atom. The smallest absolute Gasteiger partial charge is 0.191 e. The summed E-state index contributed by atoms with van der Waals surface area (Å²) >= 11 is 0. The second kappa shape index (κ2) is 9.07. The van der Waals surface area contributed by atoms with Crippen LogP contribution in [0.25, 0.3) is 0 Å². The number of methoxy groups -OCH3 is 2. The molecule has 5 nitrogen and oxygen atoms in total. The number of benzene rings is 1. The Kier molecular flexibility index (Phi) is 7.78. The van der Waals surface area contributed by atoms with Crippen LogP contribution in [0.4, 0.5) is 0 Å². The van der Waals surface area contributed by atoms with E-state index in [0.29, 0.717) is 12.5 Å². The quantitative estimate of drug-likeness (QED) is 0.463. The van der Waals surface area contributed by atoms with Crippen LogP contribution < -0.4 is 15.2 Å². The highest BCUT2D eigenvalue weighted by atomic mass is 127. The molecule has 2 N–H and O–H groups in total. The van der Waals surface area contributed by atoms with Crippen LogP contribution in [0.1, 0.15) is 25.3 Å². The van der Waals surface area contributed by atoms with Crippen LogP contribution >= 0.6 is 24.0 Å². The van der Waals surface area contributed by atoms with E-state index in [1.807, 2.05) is 18.2 Å². The van der Waals surface area contributed by atoms with E-state index in [2.05, 4.69) is 16.8 Å². The van der Waals surface area contributed by atoms with Gasteiger partial charge in [-0.3, -0.25) is 0 Å². The highest BCUT2D eigenvalue weighted by Crippen LogP contribution is 2.25. The molecular weight excluding hydrogens is 393 g/mol. The summed E-state index contributed by atoms with van der Waals surface area (Å²) in [6.07, 6.45) is 2.37.